The number of carbonyl (C=O) groups excluding carboxylic acids is 1. The molecule has 5 heteroatoms. The highest BCUT2D eigenvalue weighted by Crippen LogP contribution is 2.23. The van der Waals surface area contributed by atoms with Gasteiger partial charge < -0.3 is 10.5 Å². The van der Waals surface area contributed by atoms with Crippen LogP contribution in [0, 0.1) is 11.8 Å². The van der Waals surface area contributed by atoms with Crippen molar-refractivity contribution in [3.05, 3.63) is 28.3 Å². The van der Waals surface area contributed by atoms with Crippen LogP contribution in [0.15, 0.2) is 12.1 Å². The molecule has 0 aromatic heterocycles. The largest absolute Gasteiger partial charge is 0.465 e. The molecule has 1 rings (SSSR count). The van der Waals surface area contributed by atoms with E-state index in [1.165, 1.54) is 19.2 Å². The fourth-order valence-corrected chi connectivity index (χ4v) is 1.39. The molecule has 0 saturated carbocycles. The van der Waals surface area contributed by atoms with E-state index in [0.29, 0.717) is 10.6 Å². The van der Waals surface area contributed by atoms with E-state index in [1.54, 1.807) is 0 Å². The number of methoxy groups -OCH3 is 1. The number of halogens is 2. The summed E-state index contributed by atoms with van der Waals surface area (Å²) in [6.45, 7) is 0. The number of hydrogen-bond acceptors (Lipinski definition) is 3. The van der Waals surface area contributed by atoms with Gasteiger partial charge in [0, 0.05) is 11.3 Å². The highest BCUT2D eigenvalue weighted by Gasteiger charge is 2.12. The molecule has 2 N–H and O–H groups in total. The van der Waals surface area contributed by atoms with E-state index >= 15 is 0 Å². The number of anilines is 1. The maximum Gasteiger partial charge on any atom is 0.340 e. The smallest absolute Gasteiger partial charge is 0.340 e. The molecule has 0 unspecified atom stereocenters. The fraction of sp³-hybridized carbons (Fsp3) is 0.182. The molecule has 3 nitrogen and oxygen atoms in total. The van der Waals surface area contributed by atoms with Crippen molar-refractivity contribution < 1.29 is 9.53 Å². The minimum absolute atomic E-state index is 0.189. The molecule has 84 valence electrons. The SMILES string of the molecule is COC(=O)c1cc(C#CCCl)c(Cl)cc1N. The van der Waals surface area contributed by atoms with Crippen LogP contribution in [-0.4, -0.2) is 19.0 Å². The van der Waals surface area contributed by atoms with Crippen molar-refractivity contribution in [1.29, 1.82) is 0 Å². The van der Waals surface area contributed by atoms with E-state index in [2.05, 4.69) is 16.6 Å². The van der Waals surface area contributed by atoms with Gasteiger partial charge in [-0.25, -0.2) is 4.79 Å². The Labute approximate surface area is 103 Å². The van der Waals surface area contributed by atoms with Crippen molar-refractivity contribution in [3.8, 4) is 11.8 Å². The number of nitrogen functional groups attached to an aromatic ring is 1. The Balaban J connectivity index is 3.26. The van der Waals surface area contributed by atoms with Crippen molar-refractivity contribution in [2.75, 3.05) is 18.7 Å². The molecule has 0 atom stereocenters. The maximum absolute atomic E-state index is 11.4. The van der Waals surface area contributed by atoms with E-state index in [-0.39, 0.29) is 17.1 Å². The second-order valence-corrected chi connectivity index (χ2v) is 3.52. The molecule has 1 aromatic carbocycles. The number of rotatable bonds is 1. The summed E-state index contributed by atoms with van der Waals surface area (Å²) in [6.07, 6.45) is 0. The molecule has 1 aromatic rings. The Hall–Kier alpha value is -1.37. The first kappa shape index (κ1) is 12.7. The lowest BCUT2D eigenvalue weighted by Gasteiger charge is -2.05. The second kappa shape index (κ2) is 5.64. The zero-order valence-corrected chi connectivity index (χ0v) is 10.0. The van der Waals surface area contributed by atoms with Gasteiger partial charge in [0.15, 0.2) is 0 Å². The third kappa shape index (κ3) is 2.82. The molecule has 0 fully saturated rings. The van der Waals surface area contributed by atoms with Crippen LogP contribution in [0.1, 0.15) is 15.9 Å². The van der Waals surface area contributed by atoms with Gasteiger partial charge in [0.25, 0.3) is 0 Å². The van der Waals surface area contributed by atoms with Crippen molar-refractivity contribution >= 4 is 34.9 Å². The average molecular weight is 258 g/mol. The van der Waals surface area contributed by atoms with Gasteiger partial charge in [0.1, 0.15) is 0 Å². The molecule has 0 aliphatic carbocycles. The zero-order chi connectivity index (χ0) is 12.1. The van der Waals surface area contributed by atoms with Gasteiger partial charge in [0.05, 0.1) is 23.6 Å². The van der Waals surface area contributed by atoms with Crippen LogP contribution < -0.4 is 5.73 Å². The van der Waals surface area contributed by atoms with E-state index in [9.17, 15) is 4.79 Å². The number of nitrogens with two attached hydrogens (primary N) is 1. The normalized spacial score (nSPS) is 9.19. The maximum atomic E-state index is 11.4. The first-order chi connectivity index (χ1) is 7.60. The third-order valence-corrected chi connectivity index (χ3v) is 2.28. The molecule has 0 amide bonds. The van der Waals surface area contributed by atoms with Crippen LogP contribution >= 0.6 is 23.2 Å². The van der Waals surface area contributed by atoms with E-state index in [1.807, 2.05) is 0 Å². The molecule has 0 aliphatic rings. The zero-order valence-electron chi connectivity index (χ0n) is 8.51. The van der Waals surface area contributed by atoms with Crippen molar-refractivity contribution in [2.24, 2.45) is 0 Å². The molecule has 16 heavy (non-hydrogen) atoms. The quantitative estimate of drug-likeness (QED) is 0.364. The third-order valence-electron chi connectivity index (χ3n) is 1.83. The molecule has 0 saturated heterocycles. The Morgan fingerprint density at radius 3 is 2.81 bits per heavy atom. The highest BCUT2D eigenvalue weighted by molar-refractivity contribution is 6.32. The monoisotopic (exact) mass is 257 g/mol. The van der Waals surface area contributed by atoms with Crippen molar-refractivity contribution in [3.63, 3.8) is 0 Å². The van der Waals surface area contributed by atoms with E-state index in [4.69, 9.17) is 28.9 Å². The summed E-state index contributed by atoms with van der Waals surface area (Å²) in [7, 11) is 1.28. The number of esters is 1. The van der Waals surface area contributed by atoms with Crippen LogP contribution in [0.4, 0.5) is 5.69 Å². The summed E-state index contributed by atoms with van der Waals surface area (Å²) in [5.74, 6) is 5.04. The fourth-order valence-electron chi connectivity index (χ4n) is 1.10. The Morgan fingerprint density at radius 1 is 1.56 bits per heavy atom. The highest BCUT2D eigenvalue weighted by atomic mass is 35.5. The van der Waals surface area contributed by atoms with Gasteiger partial charge >= 0.3 is 5.97 Å². The summed E-state index contributed by atoms with van der Waals surface area (Å²) < 4.78 is 4.58. The number of carbonyl (C=O) groups is 1. The van der Waals surface area contributed by atoms with Gasteiger partial charge in [-0.2, -0.15) is 0 Å². The lowest BCUT2D eigenvalue weighted by molar-refractivity contribution is 0.0602. The summed E-state index contributed by atoms with van der Waals surface area (Å²) in [5, 5.41) is 0.378. The van der Waals surface area contributed by atoms with Gasteiger partial charge in [-0.3, -0.25) is 0 Å². The molecule has 0 aliphatic heterocycles. The second-order valence-electron chi connectivity index (χ2n) is 2.85. The van der Waals surface area contributed by atoms with Gasteiger partial charge in [0.2, 0.25) is 0 Å². The Kier molecular flexibility index (Phi) is 4.48. The minimum Gasteiger partial charge on any atom is -0.465 e. The summed E-state index contributed by atoms with van der Waals surface area (Å²) >= 11 is 11.3. The summed E-state index contributed by atoms with van der Waals surface area (Å²) in [6, 6.07) is 2.95. The minimum atomic E-state index is -0.525. The number of benzene rings is 1. The van der Waals surface area contributed by atoms with E-state index in [0.717, 1.165) is 0 Å². The van der Waals surface area contributed by atoms with E-state index < -0.39 is 5.97 Å². The predicted molar refractivity (Wildman–Crippen MR) is 64.8 cm³/mol. The summed E-state index contributed by atoms with van der Waals surface area (Å²) in [4.78, 5) is 11.4. The number of hydrogen-bond donors (Lipinski definition) is 1. The molecule has 0 radical (unpaired) electrons. The van der Waals surface area contributed by atoms with Gasteiger partial charge in [-0.1, -0.05) is 23.4 Å². The van der Waals surface area contributed by atoms with Crippen LogP contribution in [-0.2, 0) is 4.74 Å². The van der Waals surface area contributed by atoms with Gasteiger partial charge in [-0.15, -0.1) is 11.6 Å². The van der Waals surface area contributed by atoms with Crippen LogP contribution in [0.5, 0.6) is 0 Å². The van der Waals surface area contributed by atoms with Crippen LogP contribution in [0.25, 0.3) is 0 Å². The predicted octanol–water partition coefficient (Wildman–Crippen LogP) is 2.30. The first-order valence-electron chi connectivity index (χ1n) is 4.32. The van der Waals surface area contributed by atoms with Crippen molar-refractivity contribution in [2.45, 2.75) is 0 Å². The molecule has 0 heterocycles. The molecular formula is C11H9Cl2NO2. The standard InChI is InChI=1S/C11H9Cl2NO2/c1-16-11(15)8-5-7(3-2-4-12)9(13)6-10(8)14/h5-6H,4,14H2,1H3. The lowest BCUT2D eigenvalue weighted by atomic mass is 10.1. The molecule has 0 bridgehead atoms. The summed E-state index contributed by atoms with van der Waals surface area (Å²) in [5.41, 5.74) is 6.63. The van der Waals surface area contributed by atoms with Crippen molar-refractivity contribution in [1.82, 2.24) is 0 Å². The first-order valence-corrected chi connectivity index (χ1v) is 5.23. The average Bonchev–Trinajstić information content (AvgIpc) is 2.27. The lowest BCUT2D eigenvalue weighted by Crippen LogP contribution is -2.06. The Morgan fingerprint density at radius 2 is 2.25 bits per heavy atom. The molecular weight excluding hydrogens is 249 g/mol. The topological polar surface area (TPSA) is 52.3 Å². The number of ether oxygens (including phenoxy) is 1. The Bertz CT molecular complexity index is 475. The number of alkyl halides is 1. The van der Waals surface area contributed by atoms with Crippen LogP contribution in [0.2, 0.25) is 5.02 Å². The van der Waals surface area contributed by atoms with Crippen LogP contribution in [0.3, 0.4) is 0 Å². The molecule has 0 spiro atoms. The van der Waals surface area contributed by atoms with Gasteiger partial charge in [-0.05, 0) is 12.1 Å².